The molecule has 1 amide bonds. The summed E-state index contributed by atoms with van der Waals surface area (Å²) < 4.78 is 6.43. The number of hydrogen-bond acceptors (Lipinski definition) is 5. The van der Waals surface area contributed by atoms with Crippen LogP contribution >= 0.6 is 15.9 Å². The molecule has 2 heterocycles. The van der Waals surface area contributed by atoms with Crippen LogP contribution in [-0.4, -0.2) is 63.9 Å². The first-order valence-corrected chi connectivity index (χ1v) is 10.6. The van der Waals surface area contributed by atoms with E-state index in [0.717, 1.165) is 15.6 Å². The quantitative estimate of drug-likeness (QED) is 0.748. The standard InChI is InChI=1S/C22H28BrN3O3/c1-22(2,3)29-21(28)25-9-10-26(19(14-25)15-27)20(16-7-5-4-6-8-16)17-11-18(23)13-24-12-17/h4-8,11-13,19-20,27H,9-10,14-15H2,1-3H3/t19-,20?/m0/s1. The maximum atomic E-state index is 12.5. The highest BCUT2D eigenvalue weighted by atomic mass is 79.9. The van der Waals surface area contributed by atoms with E-state index in [1.54, 1.807) is 11.1 Å². The van der Waals surface area contributed by atoms with E-state index >= 15 is 0 Å². The second-order valence-corrected chi connectivity index (χ2v) is 9.17. The lowest BCUT2D eigenvalue weighted by Crippen LogP contribution is -2.57. The molecule has 156 valence electrons. The normalized spacial score (nSPS) is 19.1. The second kappa shape index (κ2) is 9.24. The van der Waals surface area contributed by atoms with Crippen molar-refractivity contribution >= 4 is 22.0 Å². The van der Waals surface area contributed by atoms with Crippen LogP contribution in [0.2, 0.25) is 0 Å². The topological polar surface area (TPSA) is 65.9 Å². The summed E-state index contributed by atoms with van der Waals surface area (Å²) in [7, 11) is 0. The van der Waals surface area contributed by atoms with Gasteiger partial charge in [-0.1, -0.05) is 30.3 Å². The van der Waals surface area contributed by atoms with Crippen molar-refractivity contribution in [1.29, 1.82) is 0 Å². The highest BCUT2D eigenvalue weighted by Crippen LogP contribution is 2.33. The van der Waals surface area contributed by atoms with Gasteiger partial charge < -0.3 is 14.7 Å². The summed E-state index contributed by atoms with van der Waals surface area (Å²) in [5.74, 6) is 0. The van der Waals surface area contributed by atoms with Crippen molar-refractivity contribution in [3.05, 3.63) is 64.4 Å². The van der Waals surface area contributed by atoms with E-state index in [1.807, 2.05) is 45.2 Å². The number of aliphatic hydroxyl groups excluding tert-OH is 1. The Hall–Kier alpha value is -1.96. The van der Waals surface area contributed by atoms with Gasteiger partial charge in [-0.15, -0.1) is 0 Å². The first-order chi connectivity index (χ1) is 13.8. The Morgan fingerprint density at radius 1 is 1.24 bits per heavy atom. The van der Waals surface area contributed by atoms with E-state index in [0.29, 0.717) is 19.6 Å². The fourth-order valence-electron chi connectivity index (χ4n) is 3.65. The smallest absolute Gasteiger partial charge is 0.410 e. The van der Waals surface area contributed by atoms with Crippen molar-refractivity contribution in [2.45, 2.75) is 38.5 Å². The number of aromatic nitrogens is 1. The van der Waals surface area contributed by atoms with E-state index in [9.17, 15) is 9.90 Å². The molecule has 2 atom stereocenters. The molecule has 0 aliphatic carbocycles. The SMILES string of the molecule is CC(C)(C)OC(=O)N1CCN(C(c2ccccc2)c2cncc(Br)c2)[C@H](CO)C1. The summed E-state index contributed by atoms with van der Waals surface area (Å²) >= 11 is 3.52. The molecule has 1 aliphatic rings. The molecule has 0 bridgehead atoms. The maximum absolute atomic E-state index is 12.5. The molecule has 3 rings (SSSR count). The Bertz CT molecular complexity index is 826. The summed E-state index contributed by atoms with van der Waals surface area (Å²) in [5.41, 5.74) is 1.61. The third-order valence-electron chi connectivity index (χ3n) is 4.88. The predicted octanol–water partition coefficient (Wildman–Crippen LogP) is 3.85. The van der Waals surface area contributed by atoms with Gasteiger partial charge in [-0.3, -0.25) is 9.88 Å². The van der Waals surface area contributed by atoms with E-state index in [2.05, 4.69) is 44.0 Å². The van der Waals surface area contributed by atoms with Gasteiger partial charge >= 0.3 is 6.09 Å². The highest BCUT2D eigenvalue weighted by molar-refractivity contribution is 9.10. The summed E-state index contributed by atoms with van der Waals surface area (Å²) in [6.07, 6.45) is 3.28. The van der Waals surface area contributed by atoms with Crippen LogP contribution in [0, 0.1) is 0 Å². The number of carbonyl (C=O) groups excluding carboxylic acids is 1. The first-order valence-electron chi connectivity index (χ1n) is 9.78. The molecule has 0 radical (unpaired) electrons. The highest BCUT2D eigenvalue weighted by Gasteiger charge is 2.36. The minimum absolute atomic E-state index is 0.0515. The fraction of sp³-hybridized carbons (Fsp3) is 0.455. The largest absolute Gasteiger partial charge is 0.444 e. The first kappa shape index (κ1) is 21.7. The summed E-state index contributed by atoms with van der Waals surface area (Å²) in [4.78, 5) is 20.8. The monoisotopic (exact) mass is 461 g/mol. The lowest BCUT2D eigenvalue weighted by Gasteiger charge is -2.44. The number of hydrogen-bond donors (Lipinski definition) is 1. The lowest BCUT2D eigenvalue weighted by atomic mass is 9.95. The Labute approximate surface area is 180 Å². The van der Waals surface area contributed by atoms with Gasteiger partial charge in [-0.05, 0) is 53.9 Å². The zero-order valence-corrected chi connectivity index (χ0v) is 18.7. The van der Waals surface area contributed by atoms with Crippen molar-refractivity contribution in [2.24, 2.45) is 0 Å². The van der Waals surface area contributed by atoms with Crippen LogP contribution in [0.4, 0.5) is 4.79 Å². The number of aliphatic hydroxyl groups is 1. The van der Waals surface area contributed by atoms with E-state index < -0.39 is 5.60 Å². The molecule has 1 aromatic carbocycles. The molecule has 0 saturated carbocycles. The number of benzene rings is 1. The fourth-order valence-corrected chi connectivity index (χ4v) is 4.04. The molecule has 1 unspecified atom stereocenters. The van der Waals surface area contributed by atoms with Gasteiger partial charge in [0.2, 0.25) is 0 Å². The molecule has 1 N–H and O–H groups in total. The second-order valence-electron chi connectivity index (χ2n) is 8.25. The van der Waals surface area contributed by atoms with Gasteiger partial charge in [-0.25, -0.2) is 4.79 Å². The number of amides is 1. The third kappa shape index (κ3) is 5.56. The van der Waals surface area contributed by atoms with E-state index in [1.165, 1.54) is 0 Å². The Morgan fingerprint density at radius 2 is 1.97 bits per heavy atom. The summed E-state index contributed by atoms with van der Waals surface area (Å²) in [6.45, 7) is 7.09. The van der Waals surface area contributed by atoms with Crippen LogP contribution in [0.5, 0.6) is 0 Å². The molecule has 1 fully saturated rings. The third-order valence-corrected chi connectivity index (χ3v) is 5.31. The van der Waals surface area contributed by atoms with Crippen LogP contribution in [0.3, 0.4) is 0 Å². The minimum Gasteiger partial charge on any atom is -0.444 e. The van der Waals surface area contributed by atoms with Gasteiger partial charge in [0.05, 0.1) is 18.7 Å². The minimum atomic E-state index is -0.544. The van der Waals surface area contributed by atoms with Gasteiger partial charge in [-0.2, -0.15) is 0 Å². The Kier molecular flexibility index (Phi) is 6.93. The van der Waals surface area contributed by atoms with Gasteiger partial charge in [0.15, 0.2) is 0 Å². The molecule has 1 saturated heterocycles. The van der Waals surface area contributed by atoms with E-state index in [-0.39, 0.29) is 24.8 Å². The van der Waals surface area contributed by atoms with Crippen molar-refractivity contribution in [1.82, 2.24) is 14.8 Å². The van der Waals surface area contributed by atoms with Crippen molar-refractivity contribution in [3.8, 4) is 0 Å². The van der Waals surface area contributed by atoms with Crippen molar-refractivity contribution in [3.63, 3.8) is 0 Å². The zero-order chi connectivity index (χ0) is 21.0. The van der Waals surface area contributed by atoms with Crippen LogP contribution in [-0.2, 0) is 4.74 Å². The van der Waals surface area contributed by atoms with Gasteiger partial charge in [0.25, 0.3) is 0 Å². The van der Waals surface area contributed by atoms with Crippen LogP contribution in [0.25, 0.3) is 0 Å². The molecule has 1 aromatic heterocycles. The number of halogens is 1. The predicted molar refractivity (Wildman–Crippen MR) is 116 cm³/mol. The van der Waals surface area contributed by atoms with Crippen LogP contribution in [0.15, 0.2) is 53.3 Å². The summed E-state index contributed by atoms with van der Waals surface area (Å²) in [5, 5.41) is 10.1. The average molecular weight is 462 g/mol. The molecular weight excluding hydrogens is 434 g/mol. The molecule has 29 heavy (non-hydrogen) atoms. The number of nitrogens with zero attached hydrogens (tertiary/aromatic N) is 3. The molecule has 6 nitrogen and oxygen atoms in total. The number of ether oxygens (including phenoxy) is 1. The average Bonchev–Trinajstić information content (AvgIpc) is 2.68. The van der Waals surface area contributed by atoms with Crippen molar-refractivity contribution < 1.29 is 14.6 Å². The van der Waals surface area contributed by atoms with Crippen LogP contribution in [0.1, 0.15) is 37.9 Å². The molecule has 0 spiro atoms. The Morgan fingerprint density at radius 3 is 2.59 bits per heavy atom. The lowest BCUT2D eigenvalue weighted by molar-refractivity contribution is -0.0115. The zero-order valence-electron chi connectivity index (χ0n) is 17.1. The van der Waals surface area contributed by atoms with Crippen LogP contribution < -0.4 is 0 Å². The number of piperazine rings is 1. The van der Waals surface area contributed by atoms with Gasteiger partial charge in [0.1, 0.15) is 5.60 Å². The number of carbonyl (C=O) groups is 1. The molecule has 2 aromatic rings. The number of rotatable bonds is 4. The molecular formula is C22H28BrN3O3. The maximum Gasteiger partial charge on any atom is 0.410 e. The van der Waals surface area contributed by atoms with Gasteiger partial charge in [0, 0.05) is 36.5 Å². The Balaban J connectivity index is 1.88. The van der Waals surface area contributed by atoms with Crippen molar-refractivity contribution in [2.75, 3.05) is 26.2 Å². The molecule has 1 aliphatic heterocycles. The van der Waals surface area contributed by atoms with E-state index in [4.69, 9.17) is 4.74 Å². The molecule has 7 heteroatoms. The summed E-state index contributed by atoms with van der Waals surface area (Å²) in [6, 6.07) is 12.0. The number of pyridine rings is 1.